The summed E-state index contributed by atoms with van der Waals surface area (Å²) in [5.41, 5.74) is -4.20. The van der Waals surface area contributed by atoms with Gasteiger partial charge in [-0.1, -0.05) is 11.6 Å². The second-order valence-corrected chi connectivity index (χ2v) is 5.90. The Kier molecular flexibility index (Phi) is 4.14. The zero-order chi connectivity index (χ0) is 18.5. The third-order valence-corrected chi connectivity index (χ3v) is 4.25. The van der Waals surface area contributed by atoms with Gasteiger partial charge in [-0.2, -0.15) is 13.2 Å². The Morgan fingerprint density at radius 3 is 2.56 bits per heavy atom. The van der Waals surface area contributed by atoms with Crippen molar-refractivity contribution >= 4 is 11.6 Å². The van der Waals surface area contributed by atoms with Crippen LogP contribution in [0.4, 0.5) is 17.6 Å². The number of fused-ring (bicyclic) bond motifs is 1. The van der Waals surface area contributed by atoms with Crippen molar-refractivity contribution in [3.8, 4) is 11.4 Å². The van der Waals surface area contributed by atoms with Crippen molar-refractivity contribution in [2.45, 2.75) is 19.0 Å². The van der Waals surface area contributed by atoms with Crippen LogP contribution in [0.25, 0.3) is 5.69 Å². The zero-order valence-corrected chi connectivity index (χ0v) is 13.5. The minimum absolute atomic E-state index is 0.0627. The summed E-state index contributed by atoms with van der Waals surface area (Å²) in [6.07, 6.45) is -3.88. The first kappa shape index (κ1) is 17.5. The van der Waals surface area contributed by atoms with Crippen LogP contribution in [0.3, 0.4) is 0 Å². The van der Waals surface area contributed by atoms with E-state index in [2.05, 4.69) is 0 Å². The largest absolute Gasteiger partial charge is 0.491 e. The number of hydrogen-bond donors (Lipinski definition) is 0. The van der Waals surface area contributed by atoms with Gasteiger partial charge in [-0.05, 0) is 18.9 Å². The molecular weight excluding hydrogens is 368 g/mol. The van der Waals surface area contributed by atoms with Gasteiger partial charge in [0.2, 0.25) is 0 Å². The maximum atomic E-state index is 14.5. The molecule has 0 bridgehead atoms. The molecule has 0 saturated carbocycles. The summed E-state index contributed by atoms with van der Waals surface area (Å²) in [4.78, 5) is 24.5. The predicted molar refractivity (Wildman–Crippen MR) is 81.1 cm³/mol. The molecule has 1 aromatic carbocycles. The molecule has 10 heteroatoms. The molecule has 1 aliphatic heterocycles. The molecule has 1 aromatic heterocycles. The van der Waals surface area contributed by atoms with Crippen molar-refractivity contribution in [2.24, 2.45) is 7.05 Å². The molecule has 1 aliphatic rings. The monoisotopic (exact) mass is 378 g/mol. The lowest BCUT2D eigenvalue weighted by Crippen LogP contribution is -2.41. The van der Waals surface area contributed by atoms with Crippen LogP contribution >= 0.6 is 11.6 Å². The lowest BCUT2D eigenvalue weighted by atomic mass is 10.0. The van der Waals surface area contributed by atoms with Crippen LogP contribution < -0.4 is 16.0 Å². The molecule has 0 fully saturated rings. The number of alkyl halides is 3. The summed E-state index contributed by atoms with van der Waals surface area (Å²) < 4.78 is 59.2. The van der Waals surface area contributed by atoms with Crippen molar-refractivity contribution in [1.29, 1.82) is 0 Å². The van der Waals surface area contributed by atoms with Crippen LogP contribution in [-0.2, 0) is 19.6 Å². The van der Waals surface area contributed by atoms with Crippen molar-refractivity contribution in [2.75, 3.05) is 6.61 Å². The first-order chi connectivity index (χ1) is 11.6. The van der Waals surface area contributed by atoms with E-state index in [-0.39, 0.29) is 28.0 Å². The lowest BCUT2D eigenvalue weighted by molar-refractivity contribution is -0.144. The van der Waals surface area contributed by atoms with Gasteiger partial charge < -0.3 is 4.74 Å². The van der Waals surface area contributed by atoms with Gasteiger partial charge in [0.15, 0.2) is 11.6 Å². The Balaban J connectivity index is 2.38. The number of ether oxygens (including phenoxy) is 1. The molecule has 0 amide bonds. The SMILES string of the molecule is Cn1c(C(F)(F)F)cc(=O)n(-c2c(F)cc(Cl)c3c2OCCC3)c1=O. The van der Waals surface area contributed by atoms with E-state index < -0.39 is 34.6 Å². The molecule has 134 valence electrons. The quantitative estimate of drug-likeness (QED) is 0.717. The summed E-state index contributed by atoms with van der Waals surface area (Å²) in [6, 6.07) is 1.15. The number of rotatable bonds is 1. The van der Waals surface area contributed by atoms with Crippen LogP contribution in [0.2, 0.25) is 5.02 Å². The Labute approximate surface area is 143 Å². The number of aromatic nitrogens is 2. The fourth-order valence-corrected chi connectivity index (χ4v) is 3.03. The average molecular weight is 379 g/mol. The maximum absolute atomic E-state index is 14.5. The van der Waals surface area contributed by atoms with E-state index in [9.17, 15) is 27.2 Å². The topological polar surface area (TPSA) is 53.2 Å². The second-order valence-electron chi connectivity index (χ2n) is 5.49. The molecular formula is C15H11ClF4N2O3. The predicted octanol–water partition coefficient (Wildman–Crippen LogP) is 2.67. The number of hydrogen-bond acceptors (Lipinski definition) is 3. The fourth-order valence-electron chi connectivity index (χ4n) is 2.75. The maximum Gasteiger partial charge on any atom is 0.431 e. The zero-order valence-electron chi connectivity index (χ0n) is 12.8. The summed E-state index contributed by atoms with van der Waals surface area (Å²) >= 11 is 5.96. The standard InChI is InChI=1S/C15H11ClF4N2O3/c1-21-10(15(18,19)20)6-11(23)22(14(21)24)12-9(17)5-8(16)7-3-2-4-25-13(7)12/h5-6H,2-4H2,1H3. The Hall–Kier alpha value is -2.29. The highest BCUT2D eigenvalue weighted by molar-refractivity contribution is 6.31. The summed E-state index contributed by atoms with van der Waals surface area (Å²) in [5, 5.41) is 0.0627. The molecule has 2 heterocycles. The van der Waals surface area contributed by atoms with Crippen LogP contribution in [0.1, 0.15) is 17.7 Å². The van der Waals surface area contributed by atoms with Gasteiger partial charge in [-0.3, -0.25) is 9.36 Å². The van der Waals surface area contributed by atoms with E-state index in [4.69, 9.17) is 16.3 Å². The van der Waals surface area contributed by atoms with E-state index in [0.29, 0.717) is 23.0 Å². The minimum Gasteiger partial charge on any atom is -0.491 e. The molecule has 0 atom stereocenters. The second kappa shape index (κ2) is 5.91. The molecule has 0 radical (unpaired) electrons. The van der Waals surface area contributed by atoms with Crippen LogP contribution in [0.15, 0.2) is 21.7 Å². The van der Waals surface area contributed by atoms with E-state index in [0.717, 1.165) is 13.1 Å². The smallest absolute Gasteiger partial charge is 0.431 e. The molecule has 0 aliphatic carbocycles. The van der Waals surface area contributed by atoms with Gasteiger partial charge in [0, 0.05) is 18.7 Å². The van der Waals surface area contributed by atoms with E-state index in [1.54, 1.807) is 0 Å². The number of nitrogens with zero attached hydrogens (tertiary/aromatic N) is 2. The Morgan fingerprint density at radius 2 is 1.92 bits per heavy atom. The average Bonchev–Trinajstić information content (AvgIpc) is 2.53. The summed E-state index contributed by atoms with van der Waals surface area (Å²) in [5.74, 6) is -1.14. The van der Waals surface area contributed by atoms with Gasteiger partial charge in [0.05, 0.1) is 11.6 Å². The highest BCUT2D eigenvalue weighted by atomic mass is 35.5. The number of benzene rings is 1. The number of halogens is 5. The minimum atomic E-state index is -4.90. The van der Waals surface area contributed by atoms with E-state index >= 15 is 0 Å². The van der Waals surface area contributed by atoms with E-state index in [1.807, 2.05) is 0 Å². The van der Waals surface area contributed by atoms with Gasteiger partial charge in [0.1, 0.15) is 11.4 Å². The molecule has 0 spiro atoms. The van der Waals surface area contributed by atoms with Crippen molar-refractivity contribution in [3.63, 3.8) is 0 Å². The van der Waals surface area contributed by atoms with Crippen LogP contribution in [-0.4, -0.2) is 15.7 Å². The first-order valence-corrected chi connectivity index (χ1v) is 7.55. The van der Waals surface area contributed by atoms with Gasteiger partial charge >= 0.3 is 11.9 Å². The van der Waals surface area contributed by atoms with Crippen molar-refractivity contribution in [1.82, 2.24) is 9.13 Å². The van der Waals surface area contributed by atoms with Crippen LogP contribution in [0, 0.1) is 5.82 Å². The molecule has 3 rings (SSSR count). The van der Waals surface area contributed by atoms with Crippen molar-refractivity contribution < 1.29 is 22.3 Å². The molecule has 0 saturated heterocycles. The highest BCUT2D eigenvalue weighted by Gasteiger charge is 2.36. The van der Waals surface area contributed by atoms with Crippen molar-refractivity contribution in [3.05, 3.63) is 55.1 Å². The molecule has 25 heavy (non-hydrogen) atoms. The third-order valence-electron chi connectivity index (χ3n) is 3.91. The molecule has 0 unspecified atom stereocenters. The Morgan fingerprint density at radius 1 is 1.24 bits per heavy atom. The van der Waals surface area contributed by atoms with Gasteiger partial charge in [-0.25, -0.2) is 13.8 Å². The molecule has 0 N–H and O–H groups in total. The van der Waals surface area contributed by atoms with E-state index in [1.165, 1.54) is 0 Å². The third kappa shape index (κ3) is 2.82. The molecule has 5 nitrogen and oxygen atoms in total. The molecule has 2 aromatic rings. The Bertz CT molecular complexity index is 979. The summed E-state index contributed by atoms with van der Waals surface area (Å²) in [7, 11) is 0.849. The first-order valence-electron chi connectivity index (χ1n) is 7.17. The van der Waals surface area contributed by atoms with Gasteiger partial charge in [0.25, 0.3) is 5.56 Å². The fraction of sp³-hybridized carbons (Fsp3) is 0.333. The van der Waals surface area contributed by atoms with Crippen LogP contribution in [0.5, 0.6) is 5.75 Å². The highest BCUT2D eigenvalue weighted by Crippen LogP contribution is 2.38. The lowest BCUT2D eigenvalue weighted by Gasteiger charge is -2.23. The normalized spacial score (nSPS) is 14.2. The van der Waals surface area contributed by atoms with Gasteiger partial charge in [-0.15, -0.1) is 0 Å². The summed E-state index contributed by atoms with van der Waals surface area (Å²) in [6.45, 7) is 0.204.